The Labute approximate surface area is 182 Å². The number of nitrogens with one attached hydrogen (secondary N) is 1. The van der Waals surface area contributed by atoms with Gasteiger partial charge in [-0.2, -0.15) is 5.26 Å². The maximum absolute atomic E-state index is 12.7. The number of ether oxygens (including phenoxy) is 3. The SMILES string of the molecule is CCOc1ccc(NC(=O)/C(C#N)=C\c2cc(OC)c(N3CCCC3)cc2OC)cc1. The van der Waals surface area contributed by atoms with Gasteiger partial charge in [-0.25, -0.2) is 0 Å². The summed E-state index contributed by atoms with van der Waals surface area (Å²) in [6.07, 6.45) is 3.79. The summed E-state index contributed by atoms with van der Waals surface area (Å²) in [5.41, 5.74) is 2.08. The number of methoxy groups -OCH3 is 2. The number of nitriles is 1. The van der Waals surface area contributed by atoms with Crippen LogP contribution in [0.3, 0.4) is 0 Å². The van der Waals surface area contributed by atoms with Gasteiger partial charge in [0.2, 0.25) is 0 Å². The molecule has 1 saturated heterocycles. The highest BCUT2D eigenvalue weighted by Crippen LogP contribution is 2.38. The van der Waals surface area contributed by atoms with Crippen molar-refractivity contribution in [2.45, 2.75) is 19.8 Å². The molecule has 1 amide bonds. The number of benzene rings is 2. The molecule has 31 heavy (non-hydrogen) atoms. The van der Waals surface area contributed by atoms with Gasteiger partial charge in [0.15, 0.2) is 0 Å². The van der Waals surface area contributed by atoms with Crippen molar-refractivity contribution in [3.05, 3.63) is 47.5 Å². The zero-order valence-electron chi connectivity index (χ0n) is 18.1. The molecular formula is C24H27N3O4. The minimum absolute atomic E-state index is 0.0387. The molecule has 1 aliphatic rings. The van der Waals surface area contributed by atoms with Crippen LogP contribution < -0.4 is 24.4 Å². The normalized spacial score (nSPS) is 13.5. The molecule has 0 aliphatic carbocycles. The van der Waals surface area contributed by atoms with Crippen molar-refractivity contribution in [2.75, 3.05) is 44.1 Å². The Hall–Kier alpha value is -3.66. The van der Waals surface area contributed by atoms with Gasteiger partial charge >= 0.3 is 0 Å². The predicted octanol–water partition coefficient (Wildman–Crippen LogP) is 4.25. The van der Waals surface area contributed by atoms with Gasteiger partial charge in [0, 0.05) is 30.4 Å². The molecule has 0 unspecified atom stereocenters. The Morgan fingerprint density at radius 2 is 1.81 bits per heavy atom. The fourth-order valence-corrected chi connectivity index (χ4v) is 3.53. The Kier molecular flexibility index (Phi) is 7.39. The van der Waals surface area contributed by atoms with Gasteiger partial charge < -0.3 is 24.4 Å². The first kappa shape index (κ1) is 22.0. The van der Waals surface area contributed by atoms with Gasteiger partial charge in [0.25, 0.3) is 5.91 Å². The summed E-state index contributed by atoms with van der Waals surface area (Å²) >= 11 is 0. The highest BCUT2D eigenvalue weighted by atomic mass is 16.5. The van der Waals surface area contributed by atoms with Crippen LogP contribution in [0.4, 0.5) is 11.4 Å². The summed E-state index contributed by atoms with van der Waals surface area (Å²) in [7, 11) is 3.18. The molecule has 3 rings (SSSR count). The Balaban J connectivity index is 1.86. The lowest BCUT2D eigenvalue weighted by atomic mass is 10.1. The highest BCUT2D eigenvalue weighted by molar-refractivity contribution is 6.10. The zero-order valence-corrected chi connectivity index (χ0v) is 18.1. The monoisotopic (exact) mass is 421 g/mol. The third kappa shape index (κ3) is 5.28. The van der Waals surface area contributed by atoms with E-state index in [-0.39, 0.29) is 5.57 Å². The molecular weight excluding hydrogens is 394 g/mol. The first-order chi connectivity index (χ1) is 15.1. The molecule has 0 spiro atoms. The summed E-state index contributed by atoms with van der Waals surface area (Å²) in [5, 5.41) is 12.3. The standard InChI is InChI=1S/C24H27N3O4/c1-4-31-20-9-7-19(8-10-20)26-24(28)18(16-25)13-17-14-23(30-3)21(15-22(17)29-2)27-11-5-6-12-27/h7-10,13-15H,4-6,11-12H2,1-3H3,(H,26,28)/b18-13-. The molecule has 7 nitrogen and oxygen atoms in total. The topological polar surface area (TPSA) is 83.8 Å². The second-order valence-corrected chi connectivity index (χ2v) is 7.04. The van der Waals surface area contributed by atoms with Gasteiger partial charge in [-0.15, -0.1) is 0 Å². The van der Waals surface area contributed by atoms with E-state index < -0.39 is 5.91 Å². The van der Waals surface area contributed by atoms with Crippen LogP contribution in [0.5, 0.6) is 17.2 Å². The molecule has 2 aromatic carbocycles. The molecule has 1 N–H and O–H groups in total. The minimum atomic E-state index is -0.503. The average Bonchev–Trinajstić information content (AvgIpc) is 3.33. The van der Waals surface area contributed by atoms with Crippen molar-refractivity contribution in [1.29, 1.82) is 5.26 Å². The number of carbonyl (C=O) groups excluding carboxylic acids is 1. The second kappa shape index (κ2) is 10.4. The van der Waals surface area contributed by atoms with Gasteiger partial charge in [-0.3, -0.25) is 4.79 Å². The van der Waals surface area contributed by atoms with E-state index in [4.69, 9.17) is 14.2 Å². The summed E-state index contributed by atoms with van der Waals surface area (Å²) < 4.78 is 16.5. The molecule has 0 aromatic heterocycles. The smallest absolute Gasteiger partial charge is 0.266 e. The van der Waals surface area contributed by atoms with Crippen LogP contribution in [0.25, 0.3) is 6.08 Å². The molecule has 0 radical (unpaired) electrons. The average molecular weight is 421 g/mol. The van der Waals surface area contributed by atoms with Crippen LogP contribution in [-0.4, -0.2) is 39.8 Å². The number of nitrogens with zero attached hydrogens (tertiary/aromatic N) is 2. The van der Waals surface area contributed by atoms with E-state index in [0.29, 0.717) is 35.1 Å². The number of anilines is 2. The van der Waals surface area contributed by atoms with E-state index in [2.05, 4.69) is 10.2 Å². The quantitative estimate of drug-likeness (QED) is 0.507. The van der Waals surface area contributed by atoms with Crippen LogP contribution in [0, 0.1) is 11.3 Å². The van der Waals surface area contributed by atoms with Gasteiger partial charge in [0.1, 0.15) is 28.9 Å². The molecule has 162 valence electrons. The summed E-state index contributed by atoms with van der Waals surface area (Å²) in [6, 6.07) is 12.7. The predicted molar refractivity (Wildman–Crippen MR) is 121 cm³/mol. The van der Waals surface area contributed by atoms with Crippen LogP contribution in [0.15, 0.2) is 42.0 Å². The molecule has 0 saturated carbocycles. The van der Waals surface area contributed by atoms with E-state index in [0.717, 1.165) is 31.6 Å². The van der Waals surface area contributed by atoms with Crippen molar-refractivity contribution in [3.8, 4) is 23.3 Å². The minimum Gasteiger partial charge on any atom is -0.496 e. The molecule has 7 heteroatoms. The first-order valence-electron chi connectivity index (χ1n) is 10.3. The molecule has 1 fully saturated rings. The molecule has 2 aromatic rings. The van der Waals surface area contributed by atoms with Crippen molar-refractivity contribution in [1.82, 2.24) is 0 Å². The number of rotatable bonds is 8. The maximum Gasteiger partial charge on any atom is 0.266 e. The lowest BCUT2D eigenvalue weighted by Gasteiger charge is -2.22. The molecule has 1 heterocycles. The van der Waals surface area contributed by atoms with Gasteiger partial charge in [0.05, 0.1) is 26.5 Å². The summed E-state index contributed by atoms with van der Waals surface area (Å²) in [5.74, 6) is 1.46. The Morgan fingerprint density at radius 1 is 1.13 bits per heavy atom. The molecule has 0 bridgehead atoms. The van der Waals surface area contributed by atoms with E-state index in [9.17, 15) is 10.1 Å². The molecule has 0 atom stereocenters. The van der Waals surface area contributed by atoms with Crippen LogP contribution in [0.2, 0.25) is 0 Å². The number of hydrogen-bond donors (Lipinski definition) is 1. The highest BCUT2D eigenvalue weighted by Gasteiger charge is 2.20. The van der Waals surface area contributed by atoms with Gasteiger partial charge in [-0.1, -0.05) is 0 Å². The Morgan fingerprint density at radius 3 is 2.39 bits per heavy atom. The van der Waals surface area contributed by atoms with Gasteiger partial charge in [-0.05, 0) is 56.2 Å². The van der Waals surface area contributed by atoms with Crippen molar-refractivity contribution in [3.63, 3.8) is 0 Å². The van der Waals surface area contributed by atoms with Crippen molar-refractivity contribution >= 4 is 23.4 Å². The Bertz CT molecular complexity index is 987. The largest absolute Gasteiger partial charge is 0.496 e. The van der Waals surface area contributed by atoms with Crippen molar-refractivity contribution < 1.29 is 19.0 Å². The molecule has 1 aliphatic heterocycles. The lowest BCUT2D eigenvalue weighted by Crippen LogP contribution is -2.18. The van der Waals surface area contributed by atoms with Crippen LogP contribution >= 0.6 is 0 Å². The zero-order chi connectivity index (χ0) is 22.2. The van der Waals surface area contributed by atoms with E-state index in [1.807, 2.05) is 19.1 Å². The fourth-order valence-electron chi connectivity index (χ4n) is 3.53. The number of amides is 1. The van der Waals surface area contributed by atoms with E-state index in [1.165, 1.54) is 6.08 Å². The fraction of sp³-hybridized carbons (Fsp3) is 0.333. The maximum atomic E-state index is 12.7. The van der Waals surface area contributed by atoms with Crippen LogP contribution in [0.1, 0.15) is 25.3 Å². The number of carbonyl (C=O) groups is 1. The first-order valence-corrected chi connectivity index (χ1v) is 10.3. The third-order valence-corrected chi connectivity index (χ3v) is 5.07. The van der Waals surface area contributed by atoms with Crippen molar-refractivity contribution in [2.24, 2.45) is 0 Å². The lowest BCUT2D eigenvalue weighted by molar-refractivity contribution is -0.112. The second-order valence-electron chi connectivity index (χ2n) is 7.04. The van der Waals surface area contributed by atoms with E-state index >= 15 is 0 Å². The van der Waals surface area contributed by atoms with E-state index in [1.54, 1.807) is 44.6 Å². The third-order valence-electron chi connectivity index (χ3n) is 5.07. The summed E-state index contributed by atoms with van der Waals surface area (Å²) in [6.45, 7) is 4.39. The number of hydrogen-bond acceptors (Lipinski definition) is 6. The summed E-state index contributed by atoms with van der Waals surface area (Å²) in [4.78, 5) is 14.9. The van der Waals surface area contributed by atoms with Crippen LogP contribution in [-0.2, 0) is 4.79 Å².